The second kappa shape index (κ2) is 7.13. The quantitative estimate of drug-likeness (QED) is 0.731. The van der Waals surface area contributed by atoms with E-state index >= 15 is 0 Å². The predicted molar refractivity (Wildman–Crippen MR) is 73.5 cm³/mol. The van der Waals surface area contributed by atoms with Gasteiger partial charge >= 0.3 is 0 Å². The lowest BCUT2D eigenvalue weighted by atomic mass is 10.1. The Bertz CT molecular complexity index is 347. The van der Waals surface area contributed by atoms with Crippen LogP contribution in [-0.4, -0.2) is 19.7 Å². The zero-order chi connectivity index (χ0) is 12.7. The highest BCUT2D eigenvalue weighted by molar-refractivity contribution is 5.34. The molecule has 94 valence electrons. The fourth-order valence-corrected chi connectivity index (χ4v) is 1.72. The number of allylic oxidation sites excluding steroid dienone is 1. The van der Waals surface area contributed by atoms with Gasteiger partial charge in [-0.1, -0.05) is 38.1 Å². The van der Waals surface area contributed by atoms with Crippen LogP contribution in [0, 0.1) is 5.92 Å². The Balaban J connectivity index is 2.80. The maximum atomic E-state index is 6.09. The van der Waals surface area contributed by atoms with Crippen LogP contribution in [0.25, 0.3) is 0 Å². The van der Waals surface area contributed by atoms with Crippen molar-refractivity contribution >= 4 is 0 Å². The molecule has 1 aromatic rings. The van der Waals surface area contributed by atoms with Crippen molar-refractivity contribution in [3.63, 3.8) is 0 Å². The summed E-state index contributed by atoms with van der Waals surface area (Å²) in [5.74, 6) is 1.46. The van der Waals surface area contributed by atoms with E-state index in [9.17, 15) is 0 Å². The molecule has 0 aromatic heterocycles. The van der Waals surface area contributed by atoms with Crippen molar-refractivity contribution in [1.29, 1.82) is 0 Å². The SMILES string of the molecule is C=CCc1ccccc1OC(CNC)C(C)C. The molecular weight excluding hydrogens is 210 g/mol. The topological polar surface area (TPSA) is 21.3 Å². The van der Waals surface area contributed by atoms with Crippen LogP contribution in [-0.2, 0) is 6.42 Å². The smallest absolute Gasteiger partial charge is 0.123 e. The maximum absolute atomic E-state index is 6.09. The molecule has 0 aliphatic rings. The number of benzene rings is 1. The van der Waals surface area contributed by atoms with Gasteiger partial charge in [0.05, 0.1) is 0 Å². The highest BCUT2D eigenvalue weighted by Crippen LogP contribution is 2.22. The second-order valence-corrected chi connectivity index (χ2v) is 4.56. The summed E-state index contributed by atoms with van der Waals surface area (Å²) in [6, 6.07) is 8.17. The van der Waals surface area contributed by atoms with Crippen molar-refractivity contribution in [3.8, 4) is 5.75 Å². The molecule has 0 bridgehead atoms. The number of hydrogen-bond donors (Lipinski definition) is 1. The van der Waals surface area contributed by atoms with Crippen molar-refractivity contribution in [3.05, 3.63) is 42.5 Å². The summed E-state index contributed by atoms with van der Waals surface area (Å²) < 4.78 is 6.09. The van der Waals surface area contributed by atoms with Crippen molar-refractivity contribution in [2.75, 3.05) is 13.6 Å². The van der Waals surface area contributed by atoms with Crippen molar-refractivity contribution in [2.45, 2.75) is 26.4 Å². The highest BCUT2D eigenvalue weighted by atomic mass is 16.5. The molecule has 0 aliphatic carbocycles. The van der Waals surface area contributed by atoms with Crippen molar-refractivity contribution < 1.29 is 4.74 Å². The largest absolute Gasteiger partial charge is 0.489 e. The molecule has 0 aliphatic heterocycles. The number of rotatable bonds is 7. The zero-order valence-corrected chi connectivity index (χ0v) is 11.1. The summed E-state index contributed by atoms with van der Waals surface area (Å²) >= 11 is 0. The Morgan fingerprint density at radius 1 is 1.35 bits per heavy atom. The molecule has 1 rings (SSSR count). The number of nitrogens with one attached hydrogen (secondary N) is 1. The van der Waals surface area contributed by atoms with Gasteiger partial charge in [-0.05, 0) is 31.0 Å². The van der Waals surface area contributed by atoms with Crippen LogP contribution in [0.3, 0.4) is 0 Å². The van der Waals surface area contributed by atoms with E-state index in [4.69, 9.17) is 4.74 Å². The molecule has 0 heterocycles. The minimum Gasteiger partial charge on any atom is -0.489 e. The van der Waals surface area contributed by atoms with Crippen LogP contribution >= 0.6 is 0 Å². The highest BCUT2D eigenvalue weighted by Gasteiger charge is 2.15. The van der Waals surface area contributed by atoms with Crippen LogP contribution in [0.1, 0.15) is 19.4 Å². The molecule has 1 atom stereocenters. The molecule has 17 heavy (non-hydrogen) atoms. The number of ether oxygens (including phenoxy) is 1. The van der Waals surface area contributed by atoms with Gasteiger partial charge in [0.15, 0.2) is 0 Å². The fraction of sp³-hybridized carbons (Fsp3) is 0.467. The first kappa shape index (κ1) is 13.8. The van der Waals surface area contributed by atoms with Crippen molar-refractivity contribution in [2.24, 2.45) is 5.92 Å². The maximum Gasteiger partial charge on any atom is 0.123 e. The van der Waals surface area contributed by atoms with Crippen LogP contribution in [0.5, 0.6) is 5.75 Å². The lowest BCUT2D eigenvalue weighted by molar-refractivity contribution is 0.150. The number of likely N-dealkylation sites (N-methyl/N-ethyl adjacent to an activating group) is 1. The van der Waals surface area contributed by atoms with Gasteiger partial charge in [-0.25, -0.2) is 0 Å². The first-order valence-electron chi connectivity index (χ1n) is 6.19. The van der Waals surface area contributed by atoms with Gasteiger partial charge in [-0.3, -0.25) is 0 Å². The molecule has 2 heteroatoms. The molecule has 0 saturated carbocycles. The Hall–Kier alpha value is -1.28. The third-order valence-corrected chi connectivity index (χ3v) is 2.76. The minimum atomic E-state index is 0.200. The van der Waals surface area contributed by atoms with Gasteiger partial charge in [-0.15, -0.1) is 6.58 Å². The Labute approximate surface area is 105 Å². The monoisotopic (exact) mass is 233 g/mol. The molecular formula is C15H23NO. The normalized spacial score (nSPS) is 12.5. The fourth-order valence-electron chi connectivity index (χ4n) is 1.72. The standard InChI is InChI=1S/C15H23NO/c1-5-8-13-9-6-7-10-14(13)17-15(11-16-4)12(2)3/h5-7,9-10,12,15-16H,1,8,11H2,2-4H3. The molecule has 0 fully saturated rings. The Morgan fingerprint density at radius 3 is 2.65 bits per heavy atom. The molecule has 0 spiro atoms. The van der Waals surface area contributed by atoms with E-state index in [0.29, 0.717) is 5.92 Å². The van der Waals surface area contributed by atoms with Gasteiger partial charge in [0.1, 0.15) is 11.9 Å². The van der Waals surface area contributed by atoms with E-state index in [2.05, 4.69) is 31.8 Å². The lowest BCUT2D eigenvalue weighted by Crippen LogP contribution is -2.33. The predicted octanol–water partition coefficient (Wildman–Crippen LogP) is 3.04. The Morgan fingerprint density at radius 2 is 2.06 bits per heavy atom. The number of para-hydroxylation sites is 1. The Kier molecular flexibility index (Phi) is 5.78. The van der Waals surface area contributed by atoms with Crippen LogP contribution in [0.4, 0.5) is 0 Å². The zero-order valence-electron chi connectivity index (χ0n) is 11.1. The molecule has 2 nitrogen and oxygen atoms in total. The van der Waals surface area contributed by atoms with Crippen LogP contribution in [0.15, 0.2) is 36.9 Å². The minimum absolute atomic E-state index is 0.200. The van der Waals surface area contributed by atoms with E-state index in [1.807, 2.05) is 31.3 Å². The first-order chi connectivity index (χ1) is 8.19. The van der Waals surface area contributed by atoms with Gasteiger partial charge in [0.2, 0.25) is 0 Å². The summed E-state index contributed by atoms with van der Waals surface area (Å²) in [6.07, 6.45) is 2.96. The van der Waals surface area contributed by atoms with Crippen LogP contribution < -0.4 is 10.1 Å². The summed E-state index contributed by atoms with van der Waals surface area (Å²) in [6.45, 7) is 9.00. The molecule has 1 aromatic carbocycles. The average molecular weight is 233 g/mol. The summed E-state index contributed by atoms with van der Waals surface area (Å²) in [5, 5.41) is 3.18. The van der Waals surface area contributed by atoms with Gasteiger partial charge in [-0.2, -0.15) is 0 Å². The van der Waals surface area contributed by atoms with E-state index < -0.39 is 0 Å². The van der Waals surface area contributed by atoms with E-state index in [1.54, 1.807) is 0 Å². The molecule has 0 radical (unpaired) electrons. The third kappa shape index (κ3) is 4.23. The third-order valence-electron chi connectivity index (χ3n) is 2.76. The van der Waals surface area contributed by atoms with Crippen LogP contribution in [0.2, 0.25) is 0 Å². The van der Waals surface area contributed by atoms with E-state index in [1.165, 1.54) is 5.56 Å². The molecule has 0 amide bonds. The first-order valence-corrected chi connectivity index (χ1v) is 6.19. The van der Waals surface area contributed by atoms with E-state index in [0.717, 1.165) is 18.7 Å². The lowest BCUT2D eigenvalue weighted by Gasteiger charge is -2.23. The molecule has 0 saturated heterocycles. The molecule has 1 unspecified atom stereocenters. The van der Waals surface area contributed by atoms with E-state index in [-0.39, 0.29) is 6.10 Å². The van der Waals surface area contributed by atoms with Gasteiger partial charge in [0.25, 0.3) is 0 Å². The second-order valence-electron chi connectivity index (χ2n) is 4.56. The summed E-state index contributed by atoms with van der Waals surface area (Å²) in [5.41, 5.74) is 1.20. The summed E-state index contributed by atoms with van der Waals surface area (Å²) in [7, 11) is 1.95. The average Bonchev–Trinajstić information content (AvgIpc) is 2.31. The van der Waals surface area contributed by atoms with Gasteiger partial charge in [0, 0.05) is 6.54 Å². The summed E-state index contributed by atoms with van der Waals surface area (Å²) in [4.78, 5) is 0. The van der Waals surface area contributed by atoms with Gasteiger partial charge < -0.3 is 10.1 Å². The molecule has 1 N–H and O–H groups in total. The number of hydrogen-bond acceptors (Lipinski definition) is 2. The van der Waals surface area contributed by atoms with Crippen molar-refractivity contribution in [1.82, 2.24) is 5.32 Å².